The van der Waals surface area contributed by atoms with Gasteiger partial charge < -0.3 is 10.1 Å². The summed E-state index contributed by atoms with van der Waals surface area (Å²) in [7, 11) is 0. The summed E-state index contributed by atoms with van der Waals surface area (Å²) >= 11 is 0. The minimum absolute atomic E-state index is 0.140. The lowest BCUT2D eigenvalue weighted by atomic mass is 9.83. The molecule has 5 rings (SSSR count). The molecule has 0 aliphatic heterocycles. The molecule has 130 valence electrons. The van der Waals surface area contributed by atoms with Gasteiger partial charge in [-0.3, -0.25) is 4.98 Å². The lowest BCUT2D eigenvalue weighted by molar-refractivity contribution is -0.0119. The van der Waals surface area contributed by atoms with Crippen LogP contribution in [0.5, 0.6) is 5.75 Å². The van der Waals surface area contributed by atoms with E-state index >= 15 is 0 Å². The van der Waals surface area contributed by atoms with Crippen LogP contribution in [0.1, 0.15) is 17.5 Å². The number of fused-ring (bicyclic) bond motifs is 5. The topological polar surface area (TPSA) is 48.9 Å². The number of aromatic nitrogens is 2. The minimum atomic E-state index is -2.71. The molecule has 3 nitrogen and oxygen atoms in total. The summed E-state index contributed by atoms with van der Waals surface area (Å²) in [6, 6.07) is 12.5. The van der Waals surface area contributed by atoms with Crippen molar-refractivity contribution in [3.8, 4) is 17.0 Å². The molecule has 2 N–H and O–H groups in total. The van der Waals surface area contributed by atoms with Crippen molar-refractivity contribution in [2.45, 2.75) is 25.2 Å². The summed E-state index contributed by atoms with van der Waals surface area (Å²) in [6.45, 7) is 0. The van der Waals surface area contributed by atoms with Crippen LogP contribution in [0, 0.1) is 0 Å². The van der Waals surface area contributed by atoms with Crippen LogP contribution >= 0.6 is 0 Å². The molecule has 26 heavy (non-hydrogen) atoms. The number of H-pyrrole nitrogens is 1. The maximum atomic E-state index is 14.2. The maximum absolute atomic E-state index is 14.2. The van der Waals surface area contributed by atoms with Gasteiger partial charge in [-0.2, -0.15) is 0 Å². The molecule has 5 heteroatoms. The Bertz CT molecular complexity index is 1150. The van der Waals surface area contributed by atoms with Gasteiger partial charge in [0.05, 0.1) is 5.52 Å². The molecule has 2 heterocycles. The van der Waals surface area contributed by atoms with E-state index < -0.39 is 5.92 Å². The molecule has 0 saturated heterocycles. The molecule has 0 radical (unpaired) electrons. The van der Waals surface area contributed by atoms with Crippen molar-refractivity contribution in [1.29, 1.82) is 0 Å². The van der Waals surface area contributed by atoms with Gasteiger partial charge in [0, 0.05) is 41.0 Å². The van der Waals surface area contributed by atoms with Gasteiger partial charge in [0.2, 0.25) is 0 Å². The number of pyridine rings is 1. The van der Waals surface area contributed by atoms with Crippen LogP contribution in [0.2, 0.25) is 0 Å². The third-order valence-corrected chi connectivity index (χ3v) is 5.24. The third kappa shape index (κ3) is 2.27. The van der Waals surface area contributed by atoms with Gasteiger partial charge in [0.1, 0.15) is 5.75 Å². The zero-order valence-corrected chi connectivity index (χ0v) is 13.9. The number of halogens is 2. The van der Waals surface area contributed by atoms with Crippen molar-refractivity contribution < 1.29 is 13.9 Å². The Kier molecular flexibility index (Phi) is 3.11. The van der Waals surface area contributed by atoms with Gasteiger partial charge in [-0.05, 0) is 65.6 Å². The molecule has 1 aliphatic rings. The number of nitrogens with zero attached hydrogens (tertiary/aromatic N) is 1. The summed E-state index contributed by atoms with van der Waals surface area (Å²) < 4.78 is 28.5. The number of hydrogen-bond acceptors (Lipinski definition) is 2. The molecular weight excluding hydrogens is 334 g/mol. The van der Waals surface area contributed by atoms with Gasteiger partial charge in [0.15, 0.2) is 0 Å². The SMILES string of the molecule is Oc1ccc(-c2[nH]c3ccc4nccc4c3c3c2CC(F)(F)CC3)cc1. The highest BCUT2D eigenvalue weighted by Gasteiger charge is 2.36. The highest BCUT2D eigenvalue weighted by atomic mass is 19.3. The first-order valence-corrected chi connectivity index (χ1v) is 8.60. The predicted molar refractivity (Wildman–Crippen MR) is 97.7 cm³/mol. The quantitative estimate of drug-likeness (QED) is 0.495. The number of phenols is 1. The number of aryl methyl sites for hydroxylation is 1. The van der Waals surface area contributed by atoms with Crippen LogP contribution in [0.4, 0.5) is 8.78 Å². The minimum Gasteiger partial charge on any atom is -0.508 e. The van der Waals surface area contributed by atoms with Crippen molar-refractivity contribution in [1.82, 2.24) is 9.97 Å². The van der Waals surface area contributed by atoms with E-state index in [-0.39, 0.29) is 18.6 Å². The van der Waals surface area contributed by atoms with Crippen LogP contribution in [-0.4, -0.2) is 21.0 Å². The molecule has 2 aromatic heterocycles. The third-order valence-electron chi connectivity index (χ3n) is 5.24. The zero-order chi connectivity index (χ0) is 17.9. The van der Waals surface area contributed by atoms with Crippen LogP contribution in [0.15, 0.2) is 48.7 Å². The standard InChI is InChI=1S/C21H16F2N2O/c22-21(23)9-7-14-16(11-21)20(12-1-3-13(26)4-2-12)25-18-6-5-17-15(19(14)18)8-10-24-17/h1-6,8,10,25-26H,7,9,11H2. The second-order valence-corrected chi connectivity index (χ2v) is 6.90. The molecule has 0 bridgehead atoms. The average molecular weight is 350 g/mol. The molecule has 0 atom stereocenters. The smallest absolute Gasteiger partial charge is 0.252 e. The van der Waals surface area contributed by atoms with Gasteiger partial charge in [-0.25, -0.2) is 8.78 Å². The Labute approximate surface area is 148 Å². The second kappa shape index (κ2) is 5.27. The second-order valence-electron chi connectivity index (χ2n) is 6.90. The van der Waals surface area contributed by atoms with Crippen molar-refractivity contribution in [2.75, 3.05) is 0 Å². The Morgan fingerprint density at radius 2 is 1.81 bits per heavy atom. The van der Waals surface area contributed by atoms with Gasteiger partial charge in [0.25, 0.3) is 5.92 Å². The average Bonchev–Trinajstić information content (AvgIpc) is 3.09. The number of nitrogens with one attached hydrogen (secondary N) is 1. The first-order valence-electron chi connectivity index (χ1n) is 8.60. The first kappa shape index (κ1) is 15.3. The number of benzene rings is 2. The summed E-state index contributed by atoms with van der Waals surface area (Å²) in [5.74, 6) is -2.56. The van der Waals surface area contributed by atoms with Crippen molar-refractivity contribution in [3.05, 3.63) is 59.8 Å². The predicted octanol–water partition coefficient (Wildman–Crippen LogP) is 5.21. The Morgan fingerprint density at radius 1 is 1.00 bits per heavy atom. The van der Waals surface area contributed by atoms with Gasteiger partial charge in [-0.1, -0.05) is 0 Å². The van der Waals surface area contributed by atoms with E-state index in [4.69, 9.17) is 0 Å². The van der Waals surface area contributed by atoms with E-state index in [1.54, 1.807) is 30.5 Å². The lowest BCUT2D eigenvalue weighted by Crippen LogP contribution is -2.27. The van der Waals surface area contributed by atoms with Crippen molar-refractivity contribution in [3.63, 3.8) is 0 Å². The Balaban J connectivity index is 1.88. The Hall–Kier alpha value is -2.95. The van der Waals surface area contributed by atoms with Gasteiger partial charge >= 0.3 is 0 Å². The van der Waals surface area contributed by atoms with Crippen molar-refractivity contribution in [2.24, 2.45) is 0 Å². The Morgan fingerprint density at radius 3 is 2.62 bits per heavy atom. The molecular formula is C21H16F2N2O. The highest BCUT2D eigenvalue weighted by Crippen LogP contribution is 2.42. The number of aromatic hydroxyl groups is 1. The molecule has 0 fully saturated rings. The number of alkyl halides is 2. The van der Waals surface area contributed by atoms with E-state index in [1.807, 2.05) is 18.2 Å². The fourth-order valence-corrected chi connectivity index (χ4v) is 4.02. The molecule has 0 unspecified atom stereocenters. The highest BCUT2D eigenvalue weighted by molar-refractivity contribution is 6.08. The van der Waals surface area contributed by atoms with Crippen LogP contribution in [0.3, 0.4) is 0 Å². The summed E-state index contributed by atoms with van der Waals surface area (Å²) in [5.41, 5.74) is 4.92. The van der Waals surface area contributed by atoms with E-state index in [9.17, 15) is 13.9 Å². The first-order chi connectivity index (χ1) is 12.5. The number of aromatic amines is 1. The van der Waals surface area contributed by atoms with Crippen LogP contribution in [0.25, 0.3) is 33.1 Å². The molecule has 0 saturated carbocycles. The molecule has 4 aromatic rings. The lowest BCUT2D eigenvalue weighted by Gasteiger charge is -2.28. The van der Waals surface area contributed by atoms with Crippen molar-refractivity contribution >= 4 is 21.8 Å². The fourth-order valence-electron chi connectivity index (χ4n) is 4.02. The van der Waals surface area contributed by atoms with E-state index in [1.165, 1.54) is 0 Å². The molecule has 0 spiro atoms. The number of hydrogen-bond donors (Lipinski definition) is 2. The number of rotatable bonds is 1. The van der Waals surface area contributed by atoms with Gasteiger partial charge in [-0.15, -0.1) is 0 Å². The summed E-state index contributed by atoms with van der Waals surface area (Å²) in [4.78, 5) is 7.71. The maximum Gasteiger partial charge on any atom is 0.252 e. The monoisotopic (exact) mass is 350 g/mol. The summed E-state index contributed by atoms with van der Waals surface area (Å²) in [5, 5.41) is 11.5. The number of phenolic OH excluding ortho intramolecular Hbond substituents is 1. The van der Waals surface area contributed by atoms with E-state index in [2.05, 4.69) is 9.97 Å². The van der Waals surface area contributed by atoms with E-state index in [0.29, 0.717) is 17.7 Å². The zero-order valence-electron chi connectivity index (χ0n) is 13.9. The molecule has 2 aromatic carbocycles. The fraction of sp³-hybridized carbons (Fsp3) is 0.190. The molecule has 0 amide bonds. The van der Waals surface area contributed by atoms with Crippen LogP contribution in [-0.2, 0) is 12.8 Å². The largest absolute Gasteiger partial charge is 0.508 e. The molecule has 1 aliphatic carbocycles. The normalized spacial score (nSPS) is 16.1. The summed E-state index contributed by atoms with van der Waals surface area (Å²) in [6.07, 6.45) is 1.67. The van der Waals surface area contributed by atoms with E-state index in [0.717, 1.165) is 32.9 Å². The van der Waals surface area contributed by atoms with Crippen LogP contribution < -0.4 is 0 Å².